The molecule has 0 unspecified atom stereocenters. The van der Waals surface area contributed by atoms with Gasteiger partial charge >= 0.3 is 6.18 Å². The van der Waals surface area contributed by atoms with Crippen LogP contribution in [0.15, 0.2) is 24.3 Å². The summed E-state index contributed by atoms with van der Waals surface area (Å²) in [6, 6.07) is 5.03. The lowest BCUT2D eigenvalue weighted by atomic mass is 10.1. The molecule has 0 aromatic heterocycles. The maximum absolute atomic E-state index is 12.2. The van der Waals surface area contributed by atoms with Gasteiger partial charge in [-0.1, -0.05) is 18.2 Å². The van der Waals surface area contributed by atoms with Crippen molar-refractivity contribution >= 4 is 0 Å². The second-order valence-corrected chi connectivity index (χ2v) is 2.58. The van der Waals surface area contributed by atoms with Gasteiger partial charge in [0.2, 0.25) is 0 Å². The van der Waals surface area contributed by atoms with Crippen molar-refractivity contribution in [1.29, 1.82) is 0 Å². The van der Waals surface area contributed by atoms with Gasteiger partial charge in [-0.15, -0.1) is 12.3 Å². The van der Waals surface area contributed by atoms with E-state index in [1.54, 1.807) is 6.07 Å². The Morgan fingerprint density at radius 2 is 2.00 bits per heavy atom. The van der Waals surface area contributed by atoms with Gasteiger partial charge < -0.3 is 0 Å². The quantitative estimate of drug-likeness (QED) is 0.588. The third-order valence-corrected chi connectivity index (χ3v) is 1.56. The van der Waals surface area contributed by atoms with Gasteiger partial charge in [0.1, 0.15) is 0 Å². The van der Waals surface area contributed by atoms with Gasteiger partial charge in [0, 0.05) is 6.42 Å². The standard InChI is InChI=1S/C10H7F3/c1-2-4-8-5-3-6-9(7-8)10(11,12)13/h1,3,5-7H,4H2. The molecule has 0 radical (unpaired) electrons. The number of hydrogen-bond acceptors (Lipinski definition) is 0. The van der Waals surface area contributed by atoms with Crippen LogP contribution in [0.4, 0.5) is 13.2 Å². The van der Waals surface area contributed by atoms with Gasteiger partial charge in [-0.2, -0.15) is 13.2 Å². The number of halogens is 3. The van der Waals surface area contributed by atoms with Crippen LogP contribution >= 0.6 is 0 Å². The maximum Gasteiger partial charge on any atom is 0.416 e. The third-order valence-electron chi connectivity index (χ3n) is 1.56. The molecule has 0 aliphatic rings. The first-order chi connectivity index (χ1) is 6.04. The highest BCUT2D eigenvalue weighted by Gasteiger charge is 2.30. The average molecular weight is 184 g/mol. The van der Waals surface area contributed by atoms with Crippen LogP contribution in [0, 0.1) is 12.3 Å². The minimum atomic E-state index is -4.29. The lowest BCUT2D eigenvalue weighted by Crippen LogP contribution is -2.04. The van der Waals surface area contributed by atoms with E-state index in [1.807, 2.05) is 0 Å². The van der Waals surface area contributed by atoms with E-state index < -0.39 is 11.7 Å². The molecule has 0 bridgehead atoms. The minimum Gasteiger partial charge on any atom is -0.166 e. The molecule has 3 heteroatoms. The first kappa shape index (κ1) is 9.66. The summed E-state index contributed by atoms with van der Waals surface area (Å²) in [5.74, 6) is 2.30. The monoisotopic (exact) mass is 184 g/mol. The van der Waals surface area contributed by atoms with Crippen molar-refractivity contribution < 1.29 is 13.2 Å². The largest absolute Gasteiger partial charge is 0.416 e. The SMILES string of the molecule is C#CCc1cccc(C(F)(F)F)c1. The van der Waals surface area contributed by atoms with Crippen molar-refractivity contribution in [3.63, 3.8) is 0 Å². The van der Waals surface area contributed by atoms with E-state index in [1.165, 1.54) is 6.07 Å². The summed E-state index contributed by atoms with van der Waals surface area (Å²) >= 11 is 0. The molecule has 0 saturated heterocycles. The van der Waals surface area contributed by atoms with Crippen molar-refractivity contribution in [2.45, 2.75) is 12.6 Å². The molecule has 0 saturated carbocycles. The summed E-state index contributed by atoms with van der Waals surface area (Å²) in [5, 5.41) is 0. The molecule has 0 aliphatic heterocycles. The predicted molar refractivity (Wildman–Crippen MR) is 44.0 cm³/mol. The van der Waals surface area contributed by atoms with Crippen molar-refractivity contribution in [3.8, 4) is 12.3 Å². The van der Waals surface area contributed by atoms with E-state index in [2.05, 4.69) is 5.92 Å². The summed E-state index contributed by atoms with van der Waals surface area (Å²) in [6.45, 7) is 0. The summed E-state index contributed by atoms with van der Waals surface area (Å²) < 4.78 is 36.5. The van der Waals surface area contributed by atoms with Crippen molar-refractivity contribution in [2.24, 2.45) is 0 Å². The Morgan fingerprint density at radius 1 is 1.31 bits per heavy atom. The Labute approximate surface area is 74.4 Å². The number of hydrogen-bond donors (Lipinski definition) is 0. The fourth-order valence-corrected chi connectivity index (χ4v) is 0.975. The molecule has 13 heavy (non-hydrogen) atoms. The van der Waals surface area contributed by atoms with E-state index >= 15 is 0 Å². The summed E-state index contributed by atoms with van der Waals surface area (Å²) in [4.78, 5) is 0. The zero-order valence-electron chi connectivity index (χ0n) is 6.73. The number of benzene rings is 1. The molecule has 0 amide bonds. The highest BCUT2D eigenvalue weighted by molar-refractivity contribution is 5.27. The molecule has 1 aromatic carbocycles. The van der Waals surface area contributed by atoms with Gasteiger partial charge in [0.15, 0.2) is 0 Å². The summed E-state index contributed by atoms with van der Waals surface area (Å²) in [6.07, 6.45) is 0.927. The predicted octanol–water partition coefficient (Wildman–Crippen LogP) is 2.88. The molecule has 0 spiro atoms. The topological polar surface area (TPSA) is 0 Å². The molecule has 1 rings (SSSR count). The molecule has 0 aliphatic carbocycles. The first-order valence-corrected chi connectivity index (χ1v) is 3.63. The highest BCUT2D eigenvalue weighted by atomic mass is 19.4. The van der Waals surface area contributed by atoms with Gasteiger partial charge in [-0.3, -0.25) is 0 Å². The van der Waals surface area contributed by atoms with Crippen LogP contribution in [0.2, 0.25) is 0 Å². The molecule has 0 N–H and O–H groups in total. The van der Waals surface area contributed by atoms with E-state index in [0.717, 1.165) is 12.1 Å². The minimum absolute atomic E-state index is 0.226. The Balaban J connectivity index is 3.00. The van der Waals surface area contributed by atoms with Crippen LogP contribution in [0.5, 0.6) is 0 Å². The van der Waals surface area contributed by atoms with Crippen LogP contribution < -0.4 is 0 Å². The van der Waals surface area contributed by atoms with Gasteiger partial charge in [0.05, 0.1) is 5.56 Å². The average Bonchev–Trinajstić information content (AvgIpc) is 2.04. The van der Waals surface area contributed by atoms with Gasteiger partial charge in [-0.25, -0.2) is 0 Å². The molecule has 0 nitrogen and oxygen atoms in total. The third kappa shape index (κ3) is 2.51. The van der Waals surface area contributed by atoms with Crippen LogP contribution in [0.25, 0.3) is 0 Å². The molecular formula is C10H7F3. The van der Waals surface area contributed by atoms with Crippen molar-refractivity contribution in [1.82, 2.24) is 0 Å². The van der Waals surface area contributed by atoms with Crippen LogP contribution in [0.1, 0.15) is 11.1 Å². The molecule has 0 fully saturated rings. The zero-order valence-corrected chi connectivity index (χ0v) is 6.73. The normalized spacial score (nSPS) is 10.9. The fraction of sp³-hybridized carbons (Fsp3) is 0.200. The maximum atomic E-state index is 12.2. The molecule has 1 aromatic rings. The number of terminal acetylenes is 1. The van der Waals surface area contributed by atoms with Crippen molar-refractivity contribution in [3.05, 3.63) is 35.4 Å². The second-order valence-electron chi connectivity index (χ2n) is 2.58. The van der Waals surface area contributed by atoms with E-state index in [-0.39, 0.29) is 6.42 Å². The number of alkyl halides is 3. The zero-order chi connectivity index (χ0) is 9.90. The van der Waals surface area contributed by atoms with E-state index in [4.69, 9.17) is 6.42 Å². The summed E-state index contributed by atoms with van der Waals surface area (Å²) in [5.41, 5.74) is -0.141. The van der Waals surface area contributed by atoms with Gasteiger partial charge in [0.25, 0.3) is 0 Å². The second kappa shape index (κ2) is 3.53. The molecule has 68 valence electrons. The first-order valence-electron chi connectivity index (χ1n) is 3.63. The Morgan fingerprint density at radius 3 is 2.54 bits per heavy atom. The Hall–Kier alpha value is -1.43. The van der Waals surface area contributed by atoms with Gasteiger partial charge in [-0.05, 0) is 11.6 Å². The summed E-state index contributed by atoms with van der Waals surface area (Å²) in [7, 11) is 0. The molecule has 0 atom stereocenters. The Bertz CT molecular complexity index is 331. The van der Waals surface area contributed by atoms with Crippen molar-refractivity contribution in [2.75, 3.05) is 0 Å². The van der Waals surface area contributed by atoms with Crippen LogP contribution in [-0.2, 0) is 12.6 Å². The highest BCUT2D eigenvalue weighted by Crippen LogP contribution is 2.29. The number of rotatable bonds is 1. The lowest BCUT2D eigenvalue weighted by Gasteiger charge is -2.06. The van der Waals surface area contributed by atoms with Crippen LogP contribution in [0.3, 0.4) is 0 Å². The molecule has 0 heterocycles. The Kier molecular flexibility index (Phi) is 2.62. The van der Waals surface area contributed by atoms with Crippen LogP contribution in [-0.4, -0.2) is 0 Å². The van der Waals surface area contributed by atoms with E-state index in [0.29, 0.717) is 5.56 Å². The smallest absolute Gasteiger partial charge is 0.166 e. The molecular weight excluding hydrogens is 177 g/mol. The van der Waals surface area contributed by atoms with E-state index in [9.17, 15) is 13.2 Å². The lowest BCUT2D eigenvalue weighted by molar-refractivity contribution is -0.137. The fourth-order valence-electron chi connectivity index (χ4n) is 0.975.